The van der Waals surface area contributed by atoms with Gasteiger partial charge in [0, 0.05) is 11.7 Å². The van der Waals surface area contributed by atoms with Gasteiger partial charge in [-0.1, -0.05) is 6.92 Å². The maximum absolute atomic E-state index is 10.7. The normalized spacial score (nSPS) is 31.0. The van der Waals surface area contributed by atoms with Gasteiger partial charge in [0.25, 0.3) is 0 Å². The van der Waals surface area contributed by atoms with E-state index >= 15 is 0 Å². The Bertz CT molecular complexity index is 252. The quantitative estimate of drug-likeness (QED) is 0.402. The molecule has 1 rings (SSSR count). The predicted octanol–water partition coefficient (Wildman–Crippen LogP) is -1.55. The molecule has 5 atom stereocenters. The first-order chi connectivity index (χ1) is 7.47. The van der Waals surface area contributed by atoms with Crippen LogP contribution < -0.4 is 5.32 Å². The molecule has 0 aromatic carbocycles. The van der Waals surface area contributed by atoms with Gasteiger partial charge in [-0.2, -0.15) is 0 Å². The number of rotatable bonds is 5. The third-order valence-corrected chi connectivity index (χ3v) is 4.05. The van der Waals surface area contributed by atoms with Crippen molar-refractivity contribution < 1.29 is 25.2 Å². The fraction of sp³-hybridized carbons (Fsp3) is 0.889. The highest BCUT2D eigenvalue weighted by Gasteiger charge is 2.37. The molecule has 1 saturated heterocycles. The summed E-state index contributed by atoms with van der Waals surface area (Å²) in [5.41, 5.74) is 0. The Morgan fingerprint density at radius 2 is 2.19 bits per heavy atom. The van der Waals surface area contributed by atoms with E-state index < -0.39 is 42.1 Å². The number of aliphatic hydroxyl groups excluding tert-OH is 3. The van der Waals surface area contributed by atoms with Crippen LogP contribution in [-0.2, 0) is 4.79 Å². The summed E-state index contributed by atoms with van der Waals surface area (Å²) >= 11 is 1.31. The number of hydrogen-bond donors (Lipinski definition) is 5. The van der Waals surface area contributed by atoms with Crippen molar-refractivity contribution >= 4 is 17.7 Å². The summed E-state index contributed by atoms with van der Waals surface area (Å²) in [7, 11) is 0. The molecule has 1 aliphatic rings. The molecule has 94 valence electrons. The van der Waals surface area contributed by atoms with E-state index in [9.17, 15) is 15.0 Å². The highest BCUT2D eigenvalue weighted by atomic mass is 32.2. The Labute approximate surface area is 97.7 Å². The molecular weight excluding hydrogens is 234 g/mol. The van der Waals surface area contributed by atoms with E-state index in [1.807, 2.05) is 0 Å². The van der Waals surface area contributed by atoms with Crippen molar-refractivity contribution in [3.63, 3.8) is 0 Å². The Morgan fingerprint density at radius 1 is 1.56 bits per heavy atom. The van der Waals surface area contributed by atoms with Gasteiger partial charge >= 0.3 is 5.97 Å². The zero-order chi connectivity index (χ0) is 12.3. The molecule has 6 nitrogen and oxygen atoms in total. The second kappa shape index (κ2) is 5.83. The lowest BCUT2D eigenvalue weighted by atomic mass is 9.98. The number of carboxylic acid groups (broad SMARTS) is 1. The van der Waals surface area contributed by atoms with E-state index in [0.717, 1.165) is 0 Å². The number of hydrogen-bond acceptors (Lipinski definition) is 6. The monoisotopic (exact) mass is 251 g/mol. The van der Waals surface area contributed by atoms with Crippen LogP contribution in [0.1, 0.15) is 6.92 Å². The van der Waals surface area contributed by atoms with Crippen molar-refractivity contribution in [1.29, 1.82) is 0 Å². The van der Waals surface area contributed by atoms with Crippen LogP contribution in [0.25, 0.3) is 0 Å². The fourth-order valence-corrected chi connectivity index (χ4v) is 2.85. The molecule has 0 aromatic heterocycles. The molecule has 0 aliphatic carbocycles. The van der Waals surface area contributed by atoms with E-state index in [1.54, 1.807) is 6.92 Å². The van der Waals surface area contributed by atoms with Crippen molar-refractivity contribution in [2.75, 3.05) is 12.4 Å². The van der Waals surface area contributed by atoms with E-state index in [4.69, 9.17) is 10.2 Å². The minimum Gasteiger partial charge on any atom is -0.480 e. The first-order valence-corrected chi connectivity index (χ1v) is 6.09. The highest BCUT2D eigenvalue weighted by molar-refractivity contribution is 8.00. The van der Waals surface area contributed by atoms with Crippen LogP contribution in [0.4, 0.5) is 0 Å². The van der Waals surface area contributed by atoms with Crippen LogP contribution in [0, 0.1) is 5.92 Å². The van der Waals surface area contributed by atoms with Gasteiger partial charge in [-0.05, 0) is 0 Å². The molecule has 5 unspecified atom stereocenters. The molecule has 0 radical (unpaired) electrons. The maximum Gasteiger partial charge on any atom is 0.321 e. The van der Waals surface area contributed by atoms with Gasteiger partial charge in [0.2, 0.25) is 0 Å². The Hall–Kier alpha value is -0.340. The SMILES string of the molecule is CC(C(O)CO)C(O)C1NC(C(=O)O)CS1. The van der Waals surface area contributed by atoms with Crippen LogP contribution in [0.15, 0.2) is 0 Å². The number of nitrogens with one attached hydrogen (secondary N) is 1. The number of thioether (sulfide) groups is 1. The summed E-state index contributed by atoms with van der Waals surface area (Å²) in [4.78, 5) is 10.7. The molecule has 0 bridgehead atoms. The summed E-state index contributed by atoms with van der Waals surface area (Å²) in [6.07, 6.45) is -1.89. The minimum atomic E-state index is -0.999. The predicted molar refractivity (Wildman–Crippen MR) is 59.1 cm³/mol. The van der Waals surface area contributed by atoms with Gasteiger partial charge in [-0.3, -0.25) is 10.1 Å². The lowest BCUT2D eigenvalue weighted by Gasteiger charge is -2.27. The molecular formula is C9H17NO5S. The van der Waals surface area contributed by atoms with Crippen LogP contribution in [-0.4, -0.2) is 62.4 Å². The second-order valence-corrected chi connectivity index (χ2v) is 5.09. The van der Waals surface area contributed by atoms with Gasteiger partial charge in [0.1, 0.15) is 6.04 Å². The van der Waals surface area contributed by atoms with Gasteiger partial charge in [0.05, 0.1) is 24.2 Å². The lowest BCUT2D eigenvalue weighted by Crippen LogP contribution is -2.46. The van der Waals surface area contributed by atoms with Crippen LogP contribution in [0.5, 0.6) is 0 Å². The first kappa shape index (κ1) is 13.7. The minimum absolute atomic E-state index is 0.388. The van der Waals surface area contributed by atoms with Crippen molar-refractivity contribution in [1.82, 2.24) is 5.32 Å². The number of aliphatic hydroxyl groups is 3. The Morgan fingerprint density at radius 3 is 2.62 bits per heavy atom. The van der Waals surface area contributed by atoms with Gasteiger partial charge in [-0.25, -0.2) is 0 Å². The highest BCUT2D eigenvalue weighted by Crippen LogP contribution is 2.26. The third kappa shape index (κ3) is 3.08. The van der Waals surface area contributed by atoms with Crippen molar-refractivity contribution in [2.45, 2.75) is 30.5 Å². The standard InChI is InChI=1S/C9H17NO5S/c1-4(6(12)2-11)7(13)8-10-5(3-16-8)9(14)15/h4-8,10-13H,2-3H2,1H3,(H,14,15). The topological polar surface area (TPSA) is 110 Å². The van der Waals surface area contributed by atoms with E-state index in [0.29, 0.717) is 5.75 Å². The molecule has 0 amide bonds. The average molecular weight is 251 g/mol. The van der Waals surface area contributed by atoms with Gasteiger partial charge < -0.3 is 20.4 Å². The molecule has 0 saturated carbocycles. The number of carbonyl (C=O) groups is 1. The Balaban J connectivity index is 2.50. The summed E-state index contributed by atoms with van der Waals surface area (Å²) in [6, 6.07) is -0.664. The number of aliphatic carboxylic acids is 1. The summed E-state index contributed by atoms with van der Waals surface area (Å²) < 4.78 is 0. The molecule has 16 heavy (non-hydrogen) atoms. The molecule has 1 aliphatic heterocycles. The zero-order valence-corrected chi connectivity index (χ0v) is 9.72. The largest absolute Gasteiger partial charge is 0.480 e. The number of carboxylic acids is 1. The van der Waals surface area contributed by atoms with Crippen molar-refractivity contribution in [2.24, 2.45) is 5.92 Å². The van der Waals surface area contributed by atoms with E-state index in [1.165, 1.54) is 11.8 Å². The van der Waals surface area contributed by atoms with Gasteiger partial charge in [0.15, 0.2) is 0 Å². The summed E-state index contributed by atoms with van der Waals surface area (Å²) in [5.74, 6) is -1.07. The van der Waals surface area contributed by atoms with Crippen molar-refractivity contribution in [3.8, 4) is 0 Å². The summed E-state index contributed by atoms with van der Waals surface area (Å²) in [6.45, 7) is 1.19. The molecule has 0 spiro atoms. The van der Waals surface area contributed by atoms with Crippen LogP contribution in [0.3, 0.4) is 0 Å². The van der Waals surface area contributed by atoms with Crippen LogP contribution in [0.2, 0.25) is 0 Å². The zero-order valence-electron chi connectivity index (χ0n) is 8.91. The van der Waals surface area contributed by atoms with E-state index in [2.05, 4.69) is 5.32 Å². The third-order valence-electron chi connectivity index (χ3n) is 2.75. The smallest absolute Gasteiger partial charge is 0.321 e. The second-order valence-electron chi connectivity index (χ2n) is 3.91. The Kier molecular flexibility index (Phi) is 5.00. The molecule has 1 heterocycles. The molecule has 5 N–H and O–H groups in total. The van der Waals surface area contributed by atoms with Gasteiger partial charge in [-0.15, -0.1) is 11.8 Å². The molecule has 7 heteroatoms. The summed E-state index contributed by atoms with van der Waals surface area (Å²) in [5, 5.41) is 39.1. The molecule has 0 aromatic rings. The fourth-order valence-electron chi connectivity index (χ4n) is 1.50. The van der Waals surface area contributed by atoms with Crippen molar-refractivity contribution in [3.05, 3.63) is 0 Å². The van der Waals surface area contributed by atoms with Crippen LogP contribution >= 0.6 is 11.8 Å². The lowest BCUT2D eigenvalue weighted by molar-refractivity contribution is -0.138. The first-order valence-electron chi connectivity index (χ1n) is 5.04. The maximum atomic E-state index is 10.7. The van der Waals surface area contributed by atoms with E-state index in [-0.39, 0.29) is 0 Å². The average Bonchev–Trinajstić information content (AvgIpc) is 2.75. The molecule has 1 fully saturated rings.